The number of nitrogens with one attached hydrogen (secondary N) is 2. The Morgan fingerprint density at radius 2 is 1.12 bits per heavy atom. The molecule has 0 aromatic heterocycles. The summed E-state index contributed by atoms with van der Waals surface area (Å²) < 4.78 is 0. The third kappa shape index (κ3) is 67.7. The van der Waals surface area contributed by atoms with Gasteiger partial charge in [-0.15, -0.1) is 0 Å². The predicted octanol–water partition coefficient (Wildman–Crippen LogP) is -1.97. The summed E-state index contributed by atoms with van der Waals surface area (Å²) in [6.07, 6.45) is 1.50. The van der Waals surface area contributed by atoms with Crippen molar-refractivity contribution in [1.29, 1.82) is 10.8 Å². The number of carbonyl (C=O) groups excluding carboxylic acids is 2. The fourth-order valence-electron chi connectivity index (χ4n) is 0. The van der Waals surface area contributed by atoms with E-state index < -0.39 is 0 Å². The highest BCUT2D eigenvalue weighted by molar-refractivity contribution is 6.02. The van der Waals surface area contributed by atoms with E-state index in [0.29, 0.717) is 0 Å². The summed E-state index contributed by atoms with van der Waals surface area (Å²) in [4.78, 5) is 16.7. The lowest BCUT2D eigenvalue weighted by Gasteiger charge is -1.17. The number of nitrogens with two attached hydrogens (primary N) is 1. The average molecular weight is 133 g/mol. The zero-order valence-corrected chi connectivity index (χ0v) is 6.39. The molecule has 0 rings (SSSR count). The molecule has 0 aliphatic carbocycles. The van der Waals surface area contributed by atoms with E-state index in [9.17, 15) is 0 Å². The van der Waals surface area contributed by atoms with Crippen molar-refractivity contribution in [3.8, 4) is 0 Å². The van der Waals surface area contributed by atoms with E-state index in [2.05, 4.69) is 5.40 Å². The maximum Gasteiger partial charge on any atom is 0.231 e. The first-order valence-electron chi connectivity index (χ1n) is 1.49. The summed E-state index contributed by atoms with van der Waals surface area (Å²) >= 11 is 0. The topological polar surface area (TPSA) is 108 Å². The van der Waals surface area contributed by atoms with Crippen molar-refractivity contribution in [2.24, 2.45) is 5.40 Å². The van der Waals surface area contributed by atoms with Crippen LogP contribution in [0.25, 0.3) is 0 Å². The molecule has 4 N–H and O–H groups in total. The van der Waals surface area contributed by atoms with E-state index in [1.54, 1.807) is 0 Å². The van der Waals surface area contributed by atoms with Gasteiger partial charge in [0.2, 0.25) is 12.2 Å². The number of hydrogen-bond acceptors (Lipinski definition) is 5. The van der Waals surface area contributed by atoms with Gasteiger partial charge in [0.05, 0.1) is 10.4 Å². The lowest BCUT2D eigenvalue weighted by atomic mass is 11.7. The SMILES string of the molecule is N=C=O.N=C=O.N[SiH3]. The highest BCUT2D eigenvalue weighted by atomic mass is 28.2. The zero-order chi connectivity index (χ0) is 7.41. The summed E-state index contributed by atoms with van der Waals surface area (Å²) in [5.74, 6) is 0. The van der Waals surface area contributed by atoms with Crippen LogP contribution in [0.15, 0.2) is 0 Å². The van der Waals surface area contributed by atoms with Crippen LogP contribution in [0.4, 0.5) is 0 Å². The van der Waals surface area contributed by atoms with Crippen LogP contribution in [0.2, 0.25) is 0 Å². The Balaban J connectivity index is -0.0000000483. The Kier molecular flexibility index (Phi) is 325. The number of rotatable bonds is 0. The van der Waals surface area contributed by atoms with Gasteiger partial charge in [-0.05, 0) is 0 Å². The van der Waals surface area contributed by atoms with E-state index >= 15 is 0 Å². The lowest BCUT2D eigenvalue weighted by molar-refractivity contribution is 0.562. The van der Waals surface area contributed by atoms with Crippen LogP contribution in [-0.4, -0.2) is 22.6 Å². The smallest absolute Gasteiger partial charge is 0.231 e. The molecule has 0 heterocycles. The maximum absolute atomic E-state index is 8.35. The molecule has 46 valence electrons. The van der Waals surface area contributed by atoms with Crippen molar-refractivity contribution in [2.75, 3.05) is 0 Å². The molecule has 0 aromatic carbocycles. The molecule has 0 aliphatic heterocycles. The Morgan fingerprint density at radius 1 is 1.12 bits per heavy atom. The first-order valence-corrected chi connectivity index (χ1v) is 2.64. The second-order valence-electron chi connectivity index (χ2n) is 0.204. The molecule has 0 saturated heterocycles. The molecule has 5 nitrogen and oxygen atoms in total. The van der Waals surface area contributed by atoms with Crippen molar-refractivity contribution in [3.05, 3.63) is 0 Å². The van der Waals surface area contributed by atoms with E-state index in [1.165, 1.54) is 0 Å². The summed E-state index contributed by atoms with van der Waals surface area (Å²) in [5.41, 5.74) is 0. The molecular formula is C2H7N3O2Si. The van der Waals surface area contributed by atoms with Gasteiger partial charge in [-0.25, -0.2) is 20.4 Å². The van der Waals surface area contributed by atoms with Crippen LogP contribution >= 0.6 is 0 Å². The highest BCUT2D eigenvalue weighted by Gasteiger charge is 1.04. The van der Waals surface area contributed by atoms with Crippen LogP contribution in [0.5, 0.6) is 0 Å². The van der Waals surface area contributed by atoms with Crippen molar-refractivity contribution < 1.29 is 9.59 Å². The van der Waals surface area contributed by atoms with Gasteiger partial charge in [0.15, 0.2) is 0 Å². The number of hydrogen-bond donors (Lipinski definition) is 3. The second-order valence-corrected chi connectivity index (χ2v) is 0.204. The van der Waals surface area contributed by atoms with Gasteiger partial charge in [0.25, 0.3) is 0 Å². The predicted molar refractivity (Wildman–Crippen MR) is 31.0 cm³/mol. The van der Waals surface area contributed by atoms with Crippen LogP contribution < -0.4 is 5.40 Å². The Morgan fingerprint density at radius 3 is 1.12 bits per heavy atom. The van der Waals surface area contributed by atoms with E-state index in [4.69, 9.17) is 20.4 Å². The largest absolute Gasteiger partial charge is 0.358 e. The summed E-state index contributed by atoms with van der Waals surface area (Å²) in [6.45, 7) is 0. The standard InChI is InChI=1S/2CHNO.H5NSi/c2*2-1-3;1-2/h2*2H;1H2,2H3. The highest BCUT2D eigenvalue weighted by Crippen LogP contribution is 0.871. The third-order valence-electron chi connectivity index (χ3n) is 0. The molecule has 0 atom stereocenters. The molecule has 6 heteroatoms. The second kappa shape index (κ2) is 165. The van der Waals surface area contributed by atoms with E-state index in [-0.39, 0.29) is 0 Å². The molecule has 0 radical (unpaired) electrons. The zero-order valence-electron chi connectivity index (χ0n) is 4.39. The molecule has 0 saturated carbocycles. The summed E-state index contributed by atoms with van der Waals surface area (Å²) in [7, 11) is 0.806. The van der Waals surface area contributed by atoms with Crippen molar-refractivity contribution in [2.45, 2.75) is 0 Å². The minimum atomic E-state index is 0.750. The van der Waals surface area contributed by atoms with Crippen molar-refractivity contribution in [3.63, 3.8) is 0 Å². The minimum absolute atomic E-state index is 0.750. The maximum atomic E-state index is 8.35. The van der Waals surface area contributed by atoms with Crippen LogP contribution in [0, 0.1) is 10.8 Å². The molecule has 8 heavy (non-hydrogen) atoms. The summed E-state index contributed by atoms with van der Waals surface area (Å²) in [5, 5.41) is 15.4. The third-order valence-corrected chi connectivity index (χ3v) is 0. The Labute approximate surface area is 49.4 Å². The summed E-state index contributed by atoms with van der Waals surface area (Å²) in [6, 6.07) is 0. The minimum Gasteiger partial charge on any atom is -0.358 e. The molecule has 0 aliphatic rings. The molecule has 0 amide bonds. The lowest BCUT2D eigenvalue weighted by Crippen LogP contribution is -1.75. The Bertz CT molecular complexity index is 69.3. The van der Waals surface area contributed by atoms with Gasteiger partial charge in [0, 0.05) is 0 Å². The van der Waals surface area contributed by atoms with Gasteiger partial charge < -0.3 is 5.40 Å². The van der Waals surface area contributed by atoms with Crippen LogP contribution in [0.1, 0.15) is 0 Å². The number of isocyanates is 2. The average Bonchev–Trinajstić information content (AvgIpc) is 1.75. The molecule has 0 aromatic rings. The van der Waals surface area contributed by atoms with Crippen molar-refractivity contribution >= 4 is 22.6 Å². The van der Waals surface area contributed by atoms with Gasteiger partial charge in [-0.2, -0.15) is 0 Å². The normalized spacial score (nSPS) is 3.12. The Hall–Kier alpha value is -1.06. The van der Waals surface area contributed by atoms with Gasteiger partial charge in [-0.1, -0.05) is 0 Å². The first kappa shape index (κ1) is 15.8. The van der Waals surface area contributed by atoms with Gasteiger partial charge >= 0.3 is 0 Å². The van der Waals surface area contributed by atoms with Crippen LogP contribution in [-0.2, 0) is 9.59 Å². The molecular weight excluding hydrogens is 126 g/mol. The molecule has 0 bridgehead atoms. The molecule has 0 spiro atoms. The monoisotopic (exact) mass is 133 g/mol. The first-order chi connectivity index (χ1) is 3.83. The quantitative estimate of drug-likeness (QED) is 0.202. The fraction of sp³-hybridized carbons (Fsp3) is 0. The van der Waals surface area contributed by atoms with Gasteiger partial charge in [-0.3, -0.25) is 0 Å². The van der Waals surface area contributed by atoms with Crippen LogP contribution in [0.3, 0.4) is 0 Å². The molecule has 0 unspecified atom stereocenters. The van der Waals surface area contributed by atoms with Gasteiger partial charge in [0.1, 0.15) is 0 Å². The van der Waals surface area contributed by atoms with E-state index in [1.807, 2.05) is 0 Å². The fourth-order valence-corrected chi connectivity index (χ4v) is 0. The molecule has 0 fully saturated rings. The van der Waals surface area contributed by atoms with E-state index in [0.717, 1.165) is 22.6 Å². The van der Waals surface area contributed by atoms with Crippen molar-refractivity contribution in [1.82, 2.24) is 0 Å².